The van der Waals surface area contributed by atoms with Crippen LogP contribution in [0.25, 0.3) is 0 Å². The summed E-state index contributed by atoms with van der Waals surface area (Å²) in [7, 11) is 0. The van der Waals surface area contributed by atoms with Crippen molar-refractivity contribution >= 4 is 17.5 Å². The molecule has 0 saturated heterocycles. The molecule has 0 unspecified atom stereocenters. The number of hydrogen-bond donors (Lipinski definition) is 1. The van der Waals surface area contributed by atoms with E-state index in [2.05, 4.69) is 15.3 Å². The maximum atomic E-state index is 12.2. The number of rotatable bonds is 6. The SMILES string of the molecule is O=C(NCc1ccc(Cl)cc1)c1cc(OCc2ccccc2)ncn1. The van der Waals surface area contributed by atoms with Gasteiger partial charge in [-0.1, -0.05) is 54.1 Å². The number of hydrogen-bond acceptors (Lipinski definition) is 4. The van der Waals surface area contributed by atoms with Gasteiger partial charge in [0.1, 0.15) is 18.6 Å². The standard InChI is InChI=1S/C19H16ClN3O2/c20-16-8-6-14(7-9-16)11-21-19(24)17-10-18(23-13-22-17)25-12-15-4-2-1-3-5-15/h1-10,13H,11-12H2,(H,21,24). The average Bonchev–Trinajstić information content (AvgIpc) is 2.67. The normalized spacial score (nSPS) is 10.3. The van der Waals surface area contributed by atoms with E-state index in [0.29, 0.717) is 24.1 Å². The third kappa shape index (κ3) is 5.02. The first-order valence-corrected chi connectivity index (χ1v) is 8.10. The summed E-state index contributed by atoms with van der Waals surface area (Å²) in [6, 6.07) is 18.5. The van der Waals surface area contributed by atoms with Crippen LogP contribution in [0, 0.1) is 0 Å². The summed E-state index contributed by atoms with van der Waals surface area (Å²) in [6.07, 6.45) is 1.32. The Hall–Kier alpha value is -2.92. The molecule has 25 heavy (non-hydrogen) atoms. The van der Waals surface area contributed by atoms with Crippen molar-refractivity contribution in [2.75, 3.05) is 0 Å². The van der Waals surface area contributed by atoms with Gasteiger partial charge in [-0.2, -0.15) is 0 Å². The van der Waals surface area contributed by atoms with Gasteiger partial charge >= 0.3 is 0 Å². The second kappa shape index (κ2) is 8.26. The minimum atomic E-state index is -0.290. The van der Waals surface area contributed by atoms with Crippen LogP contribution in [0.15, 0.2) is 67.0 Å². The van der Waals surface area contributed by atoms with Gasteiger partial charge in [0.2, 0.25) is 5.88 Å². The number of nitrogens with one attached hydrogen (secondary N) is 1. The number of nitrogens with zero attached hydrogens (tertiary/aromatic N) is 2. The van der Waals surface area contributed by atoms with Crippen LogP contribution in [-0.4, -0.2) is 15.9 Å². The lowest BCUT2D eigenvalue weighted by Crippen LogP contribution is -2.23. The van der Waals surface area contributed by atoms with Crippen LogP contribution in [0.3, 0.4) is 0 Å². The number of amides is 1. The van der Waals surface area contributed by atoms with Gasteiger partial charge in [0.25, 0.3) is 5.91 Å². The molecule has 0 bridgehead atoms. The Morgan fingerprint density at radius 1 is 1.00 bits per heavy atom. The fourth-order valence-corrected chi connectivity index (χ4v) is 2.28. The highest BCUT2D eigenvalue weighted by atomic mass is 35.5. The lowest BCUT2D eigenvalue weighted by molar-refractivity contribution is 0.0945. The maximum Gasteiger partial charge on any atom is 0.270 e. The summed E-state index contributed by atoms with van der Waals surface area (Å²) >= 11 is 5.84. The zero-order valence-electron chi connectivity index (χ0n) is 13.4. The van der Waals surface area contributed by atoms with Crippen LogP contribution in [-0.2, 0) is 13.2 Å². The predicted octanol–water partition coefficient (Wildman–Crippen LogP) is 3.64. The van der Waals surface area contributed by atoms with E-state index in [1.54, 1.807) is 12.1 Å². The molecule has 0 saturated carbocycles. The molecule has 126 valence electrons. The van der Waals surface area contributed by atoms with Crippen molar-refractivity contribution in [3.63, 3.8) is 0 Å². The average molecular weight is 354 g/mol. The number of aromatic nitrogens is 2. The molecule has 0 spiro atoms. The van der Waals surface area contributed by atoms with Crippen molar-refractivity contribution in [2.45, 2.75) is 13.2 Å². The number of carbonyl (C=O) groups excluding carboxylic acids is 1. The van der Waals surface area contributed by atoms with Crippen molar-refractivity contribution in [1.29, 1.82) is 0 Å². The highest BCUT2D eigenvalue weighted by Gasteiger charge is 2.09. The first-order valence-electron chi connectivity index (χ1n) is 7.72. The predicted molar refractivity (Wildman–Crippen MR) is 95.4 cm³/mol. The van der Waals surface area contributed by atoms with Crippen molar-refractivity contribution in [1.82, 2.24) is 15.3 Å². The van der Waals surface area contributed by atoms with Gasteiger partial charge in [-0.3, -0.25) is 4.79 Å². The first-order chi connectivity index (χ1) is 12.2. The zero-order chi connectivity index (χ0) is 17.5. The molecule has 0 atom stereocenters. The Morgan fingerprint density at radius 2 is 1.76 bits per heavy atom. The van der Waals surface area contributed by atoms with Gasteiger partial charge in [0.15, 0.2) is 0 Å². The van der Waals surface area contributed by atoms with Crippen molar-refractivity contribution in [3.05, 3.63) is 88.8 Å². The largest absolute Gasteiger partial charge is 0.473 e. The van der Waals surface area contributed by atoms with Gasteiger partial charge in [-0.25, -0.2) is 9.97 Å². The minimum absolute atomic E-state index is 0.257. The van der Waals surface area contributed by atoms with Crippen LogP contribution in [0.2, 0.25) is 5.02 Å². The topological polar surface area (TPSA) is 64.1 Å². The molecule has 0 aliphatic rings. The molecule has 1 heterocycles. The molecule has 1 N–H and O–H groups in total. The molecule has 5 nitrogen and oxygen atoms in total. The van der Waals surface area contributed by atoms with Crippen LogP contribution in [0.5, 0.6) is 5.88 Å². The van der Waals surface area contributed by atoms with Gasteiger partial charge in [-0.15, -0.1) is 0 Å². The molecule has 0 aliphatic heterocycles. The van der Waals surface area contributed by atoms with Gasteiger partial charge < -0.3 is 10.1 Å². The summed E-state index contributed by atoms with van der Waals surface area (Å²) in [5.41, 5.74) is 2.23. The Balaban J connectivity index is 1.58. The van der Waals surface area contributed by atoms with E-state index < -0.39 is 0 Å². The second-order valence-corrected chi connectivity index (χ2v) is 5.76. The van der Waals surface area contributed by atoms with E-state index in [9.17, 15) is 4.79 Å². The monoisotopic (exact) mass is 353 g/mol. The molecule has 6 heteroatoms. The highest BCUT2D eigenvalue weighted by Crippen LogP contribution is 2.11. The Bertz CT molecular complexity index is 839. The number of benzene rings is 2. The van der Waals surface area contributed by atoms with E-state index in [0.717, 1.165) is 11.1 Å². The number of halogens is 1. The molecule has 3 aromatic rings. The van der Waals surface area contributed by atoms with Crippen LogP contribution >= 0.6 is 11.6 Å². The van der Waals surface area contributed by atoms with Crippen molar-refractivity contribution < 1.29 is 9.53 Å². The third-order valence-corrected chi connectivity index (χ3v) is 3.72. The molecular formula is C19H16ClN3O2. The number of ether oxygens (including phenoxy) is 1. The summed E-state index contributed by atoms with van der Waals surface area (Å²) in [5.74, 6) is 0.0670. The summed E-state index contributed by atoms with van der Waals surface area (Å²) < 4.78 is 5.61. The van der Waals surface area contributed by atoms with Gasteiger partial charge in [0, 0.05) is 17.6 Å². The lowest BCUT2D eigenvalue weighted by atomic mass is 10.2. The van der Waals surface area contributed by atoms with E-state index >= 15 is 0 Å². The van der Waals surface area contributed by atoms with Crippen LogP contribution in [0.1, 0.15) is 21.6 Å². The molecule has 3 rings (SSSR count). The van der Waals surface area contributed by atoms with Crippen LogP contribution < -0.4 is 10.1 Å². The maximum absolute atomic E-state index is 12.2. The fraction of sp³-hybridized carbons (Fsp3) is 0.105. The summed E-state index contributed by atoms with van der Waals surface area (Å²) in [4.78, 5) is 20.3. The smallest absolute Gasteiger partial charge is 0.270 e. The zero-order valence-corrected chi connectivity index (χ0v) is 14.1. The van der Waals surface area contributed by atoms with Gasteiger partial charge in [0.05, 0.1) is 0 Å². The van der Waals surface area contributed by atoms with E-state index in [1.807, 2.05) is 42.5 Å². The Morgan fingerprint density at radius 3 is 2.52 bits per heavy atom. The molecule has 2 aromatic carbocycles. The van der Waals surface area contributed by atoms with Gasteiger partial charge in [-0.05, 0) is 23.3 Å². The molecular weight excluding hydrogens is 338 g/mol. The van der Waals surface area contributed by atoms with E-state index in [1.165, 1.54) is 12.4 Å². The molecule has 1 aromatic heterocycles. The highest BCUT2D eigenvalue weighted by molar-refractivity contribution is 6.30. The molecule has 1 amide bonds. The Kier molecular flexibility index (Phi) is 5.59. The minimum Gasteiger partial charge on any atom is -0.473 e. The second-order valence-electron chi connectivity index (χ2n) is 5.32. The summed E-state index contributed by atoms with van der Waals surface area (Å²) in [6.45, 7) is 0.768. The summed E-state index contributed by atoms with van der Waals surface area (Å²) in [5, 5.41) is 3.47. The first kappa shape index (κ1) is 16.9. The lowest BCUT2D eigenvalue weighted by Gasteiger charge is -2.07. The van der Waals surface area contributed by atoms with Crippen LogP contribution in [0.4, 0.5) is 0 Å². The molecule has 0 radical (unpaired) electrons. The fourth-order valence-electron chi connectivity index (χ4n) is 2.15. The third-order valence-electron chi connectivity index (χ3n) is 3.47. The molecule has 0 fully saturated rings. The quantitative estimate of drug-likeness (QED) is 0.734. The van der Waals surface area contributed by atoms with E-state index in [4.69, 9.17) is 16.3 Å². The number of carbonyl (C=O) groups is 1. The van der Waals surface area contributed by atoms with Crippen molar-refractivity contribution in [2.24, 2.45) is 0 Å². The van der Waals surface area contributed by atoms with E-state index in [-0.39, 0.29) is 11.6 Å². The Labute approximate surface area is 150 Å². The van der Waals surface area contributed by atoms with Crippen molar-refractivity contribution in [3.8, 4) is 5.88 Å². The molecule has 0 aliphatic carbocycles.